The molecule has 5 aliphatic rings. The number of hydrogen-bond acceptors (Lipinski definition) is 3. The summed E-state index contributed by atoms with van der Waals surface area (Å²) in [5.74, 6) is 1.07. The number of aliphatic hydroxyl groups excluding tert-OH is 2. The standard InChI is InChI=1S/C31H52O3/c1-26(2)17-21-20-9-10-23-28(4)13-12-24(33)29(5,19-32)22(28)11-14-31(23,7)30(20,6)16-15-27(21,3)25(18-26)34-8/h22-25,32-33H,9-19H2,1-8H3. The van der Waals surface area contributed by atoms with Crippen LogP contribution in [-0.4, -0.2) is 36.1 Å². The van der Waals surface area contributed by atoms with Crippen molar-refractivity contribution in [2.45, 2.75) is 125 Å². The van der Waals surface area contributed by atoms with Gasteiger partial charge in [-0.15, -0.1) is 0 Å². The van der Waals surface area contributed by atoms with E-state index in [2.05, 4.69) is 48.5 Å². The Morgan fingerprint density at radius 2 is 1.56 bits per heavy atom. The first-order valence-electron chi connectivity index (χ1n) is 14.3. The van der Waals surface area contributed by atoms with Crippen LogP contribution in [0.1, 0.15) is 113 Å². The molecule has 4 fully saturated rings. The van der Waals surface area contributed by atoms with Crippen LogP contribution in [0.2, 0.25) is 0 Å². The molecule has 5 rings (SSSR count). The van der Waals surface area contributed by atoms with Gasteiger partial charge >= 0.3 is 0 Å². The number of rotatable bonds is 2. The van der Waals surface area contributed by atoms with Gasteiger partial charge in [0.1, 0.15) is 0 Å². The predicted octanol–water partition coefficient (Wildman–Crippen LogP) is 6.91. The van der Waals surface area contributed by atoms with Crippen LogP contribution in [0.5, 0.6) is 0 Å². The van der Waals surface area contributed by atoms with E-state index in [0.29, 0.717) is 23.4 Å². The molecule has 0 heterocycles. The van der Waals surface area contributed by atoms with Gasteiger partial charge in [0.15, 0.2) is 0 Å². The lowest BCUT2D eigenvalue weighted by Crippen LogP contribution is -2.65. The summed E-state index contributed by atoms with van der Waals surface area (Å²) in [5, 5.41) is 21.4. The van der Waals surface area contributed by atoms with Crippen molar-refractivity contribution < 1.29 is 14.9 Å². The fourth-order valence-electron chi connectivity index (χ4n) is 11.0. The van der Waals surface area contributed by atoms with E-state index in [1.165, 1.54) is 38.5 Å². The van der Waals surface area contributed by atoms with Gasteiger partial charge in [0.25, 0.3) is 0 Å². The number of hydrogen-bond donors (Lipinski definition) is 2. The van der Waals surface area contributed by atoms with E-state index >= 15 is 0 Å². The summed E-state index contributed by atoms with van der Waals surface area (Å²) in [6, 6.07) is 0. The van der Waals surface area contributed by atoms with E-state index in [0.717, 1.165) is 25.7 Å². The van der Waals surface area contributed by atoms with Crippen molar-refractivity contribution in [2.75, 3.05) is 13.7 Å². The van der Waals surface area contributed by atoms with Crippen LogP contribution in [0, 0.1) is 44.3 Å². The van der Waals surface area contributed by atoms with Crippen molar-refractivity contribution in [3.8, 4) is 0 Å². The maximum atomic E-state index is 11.0. The van der Waals surface area contributed by atoms with Gasteiger partial charge in [-0.3, -0.25) is 0 Å². The number of methoxy groups -OCH3 is 1. The molecule has 0 aromatic carbocycles. The summed E-state index contributed by atoms with van der Waals surface area (Å²) in [5.41, 5.74) is 4.41. The summed E-state index contributed by atoms with van der Waals surface area (Å²) in [7, 11) is 1.93. The molecule has 0 aliphatic heterocycles. The van der Waals surface area contributed by atoms with Crippen molar-refractivity contribution in [1.29, 1.82) is 0 Å². The Bertz CT molecular complexity index is 876. The molecule has 194 valence electrons. The molecule has 9 unspecified atom stereocenters. The van der Waals surface area contributed by atoms with Crippen LogP contribution in [-0.2, 0) is 4.74 Å². The second-order valence-corrected chi connectivity index (χ2v) is 15.3. The van der Waals surface area contributed by atoms with Crippen molar-refractivity contribution in [3.05, 3.63) is 11.1 Å². The molecular weight excluding hydrogens is 420 g/mol. The SMILES string of the molecule is COC1CC(C)(C)CC2=C3CCC4C5(C)CCC(O)C(C)(CO)C5CCC4(C)C3(C)CCC21C. The first-order chi connectivity index (χ1) is 15.7. The van der Waals surface area contributed by atoms with Gasteiger partial charge < -0.3 is 14.9 Å². The van der Waals surface area contributed by atoms with E-state index in [1.807, 2.05) is 7.11 Å². The van der Waals surface area contributed by atoms with E-state index < -0.39 is 0 Å². The summed E-state index contributed by atoms with van der Waals surface area (Å²) >= 11 is 0. The summed E-state index contributed by atoms with van der Waals surface area (Å²) in [6.07, 6.45) is 11.7. The summed E-state index contributed by atoms with van der Waals surface area (Å²) in [4.78, 5) is 0. The lowest BCUT2D eigenvalue weighted by molar-refractivity contribution is -0.217. The normalized spacial score (nSPS) is 54.5. The highest BCUT2D eigenvalue weighted by molar-refractivity contribution is 5.39. The van der Waals surface area contributed by atoms with Crippen molar-refractivity contribution in [2.24, 2.45) is 44.3 Å². The van der Waals surface area contributed by atoms with Crippen LogP contribution < -0.4 is 0 Å². The Hall–Kier alpha value is -0.380. The lowest BCUT2D eigenvalue weighted by atomic mass is 9.34. The second kappa shape index (κ2) is 7.57. The highest BCUT2D eigenvalue weighted by Gasteiger charge is 2.68. The molecule has 4 saturated carbocycles. The molecule has 2 N–H and O–H groups in total. The summed E-state index contributed by atoms with van der Waals surface area (Å²) in [6.45, 7) is 17.5. The number of aliphatic hydroxyl groups is 2. The maximum absolute atomic E-state index is 11.0. The molecule has 0 spiro atoms. The van der Waals surface area contributed by atoms with Crippen LogP contribution >= 0.6 is 0 Å². The van der Waals surface area contributed by atoms with E-state index in [-0.39, 0.29) is 39.8 Å². The Kier molecular flexibility index (Phi) is 5.63. The highest BCUT2D eigenvalue weighted by atomic mass is 16.5. The molecule has 3 nitrogen and oxygen atoms in total. The van der Waals surface area contributed by atoms with Gasteiger partial charge in [0.05, 0.1) is 18.8 Å². The summed E-state index contributed by atoms with van der Waals surface area (Å²) < 4.78 is 6.19. The van der Waals surface area contributed by atoms with Gasteiger partial charge in [-0.05, 0) is 97.7 Å². The Morgan fingerprint density at radius 1 is 0.853 bits per heavy atom. The lowest BCUT2D eigenvalue weighted by Gasteiger charge is -2.71. The number of allylic oxidation sites excluding steroid dienone is 1. The minimum absolute atomic E-state index is 0.107. The molecule has 0 bridgehead atoms. The molecule has 5 aliphatic carbocycles. The third-order valence-corrected chi connectivity index (χ3v) is 13.4. The first kappa shape index (κ1) is 25.3. The average molecular weight is 473 g/mol. The second-order valence-electron chi connectivity index (χ2n) is 15.3. The largest absolute Gasteiger partial charge is 0.396 e. The van der Waals surface area contributed by atoms with Gasteiger partial charge in [0.2, 0.25) is 0 Å². The number of ether oxygens (including phenoxy) is 1. The maximum Gasteiger partial charge on any atom is 0.0667 e. The average Bonchev–Trinajstić information content (AvgIpc) is 2.77. The first-order valence-corrected chi connectivity index (χ1v) is 14.3. The fourth-order valence-corrected chi connectivity index (χ4v) is 11.0. The minimum atomic E-state index is -0.373. The fraction of sp³-hybridized carbons (Fsp3) is 0.935. The quantitative estimate of drug-likeness (QED) is 0.429. The third-order valence-electron chi connectivity index (χ3n) is 13.4. The van der Waals surface area contributed by atoms with E-state index in [9.17, 15) is 10.2 Å². The zero-order valence-electron chi connectivity index (χ0n) is 23.4. The number of fused-ring (bicyclic) bond motifs is 6. The molecule has 0 saturated heterocycles. The van der Waals surface area contributed by atoms with Gasteiger partial charge in [-0.2, -0.15) is 0 Å². The van der Waals surface area contributed by atoms with E-state index in [4.69, 9.17) is 4.74 Å². The molecule has 0 aromatic rings. The molecule has 34 heavy (non-hydrogen) atoms. The molecule has 3 heteroatoms. The van der Waals surface area contributed by atoms with Gasteiger partial charge in [-0.1, -0.05) is 59.6 Å². The molecule has 0 radical (unpaired) electrons. The van der Waals surface area contributed by atoms with Gasteiger partial charge in [0, 0.05) is 17.9 Å². The van der Waals surface area contributed by atoms with E-state index in [1.54, 1.807) is 11.1 Å². The predicted molar refractivity (Wildman–Crippen MR) is 138 cm³/mol. The monoisotopic (exact) mass is 472 g/mol. The van der Waals surface area contributed by atoms with Crippen molar-refractivity contribution in [1.82, 2.24) is 0 Å². The smallest absolute Gasteiger partial charge is 0.0667 e. The minimum Gasteiger partial charge on any atom is -0.396 e. The Labute approximate surface area is 209 Å². The highest BCUT2D eigenvalue weighted by Crippen LogP contribution is 2.75. The Balaban J connectivity index is 1.60. The zero-order valence-corrected chi connectivity index (χ0v) is 23.4. The molecule has 9 atom stereocenters. The van der Waals surface area contributed by atoms with Crippen LogP contribution in [0.3, 0.4) is 0 Å². The zero-order chi connectivity index (χ0) is 24.9. The molecule has 0 aromatic heterocycles. The van der Waals surface area contributed by atoms with Crippen molar-refractivity contribution in [3.63, 3.8) is 0 Å². The van der Waals surface area contributed by atoms with Crippen molar-refractivity contribution >= 4 is 0 Å². The van der Waals surface area contributed by atoms with Crippen LogP contribution in [0.15, 0.2) is 11.1 Å². The third kappa shape index (κ3) is 2.99. The topological polar surface area (TPSA) is 49.7 Å². The van der Waals surface area contributed by atoms with Crippen LogP contribution in [0.4, 0.5) is 0 Å². The molecule has 0 amide bonds. The Morgan fingerprint density at radius 3 is 2.21 bits per heavy atom. The van der Waals surface area contributed by atoms with Crippen LogP contribution in [0.25, 0.3) is 0 Å². The molecular formula is C31H52O3. The van der Waals surface area contributed by atoms with Gasteiger partial charge in [-0.25, -0.2) is 0 Å².